The van der Waals surface area contributed by atoms with Gasteiger partial charge in [-0.3, -0.25) is 5.32 Å². The molecule has 1 aliphatic carbocycles. The highest BCUT2D eigenvalue weighted by Crippen LogP contribution is 2.46. The monoisotopic (exact) mass is 524 g/mol. The maximum Gasteiger partial charge on any atom is 0.123 e. The first-order chi connectivity index (χ1) is 19.7. The van der Waals surface area contributed by atoms with Gasteiger partial charge in [0.25, 0.3) is 0 Å². The van der Waals surface area contributed by atoms with Crippen molar-refractivity contribution in [3.8, 4) is 0 Å². The van der Waals surface area contributed by atoms with Gasteiger partial charge < -0.3 is 5.32 Å². The summed E-state index contributed by atoms with van der Waals surface area (Å²) in [7, 11) is 0. The van der Waals surface area contributed by atoms with E-state index in [0.29, 0.717) is 5.92 Å². The summed E-state index contributed by atoms with van der Waals surface area (Å²) < 4.78 is 14.5. The van der Waals surface area contributed by atoms with E-state index in [1.54, 1.807) is 12.1 Å². The quantitative estimate of drug-likeness (QED) is 0.225. The van der Waals surface area contributed by atoms with Crippen molar-refractivity contribution in [2.24, 2.45) is 0 Å². The second-order valence-electron chi connectivity index (χ2n) is 11.1. The van der Waals surface area contributed by atoms with Crippen molar-refractivity contribution in [1.29, 1.82) is 0 Å². The van der Waals surface area contributed by atoms with Crippen LogP contribution in [-0.4, -0.2) is 12.6 Å². The zero-order chi connectivity index (χ0) is 26.9. The van der Waals surface area contributed by atoms with Gasteiger partial charge in [0.15, 0.2) is 0 Å². The van der Waals surface area contributed by atoms with Crippen LogP contribution in [0.15, 0.2) is 133 Å². The highest BCUT2D eigenvalue weighted by Gasteiger charge is 2.42. The summed E-state index contributed by atoms with van der Waals surface area (Å²) in [6.07, 6.45) is 1.83. The number of hydrogen-bond donors (Lipinski definition) is 2. The minimum absolute atomic E-state index is 0.0840. The third-order valence-electron chi connectivity index (χ3n) is 8.87. The summed E-state index contributed by atoms with van der Waals surface area (Å²) in [5.74, 6) is 0.133. The Morgan fingerprint density at radius 3 is 1.82 bits per heavy atom. The molecule has 0 amide bonds. The van der Waals surface area contributed by atoms with Crippen molar-refractivity contribution in [1.82, 2.24) is 10.6 Å². The predicted molar refractivity (Wildman–Crippen MR) is 160 cm³/mol. The van der Waals surface area contributed by atoms with Crippen LogP contribution >= 0.6 is 0 Å². The van der Waals surface area contributed by atoms with Crippen molar-refractivity contribution >= 4 is 0 Å². The lowest BCUT2D eigenvalue weighted by molar-refractivity contribution is 0.419. The topological polar surface area (TPSA) is 24.1 Å². The fourth-order valence-corrected chi connectivity index (χ4v) is 7.06. The Hall–Kier alpha value is -4.05. The van der Waals surface area contributed by atoms with Crippen molar-refractivity contribution in [3.05, 3.63) is 178 Å². The normalized spacial score (nSPS) is 19.8. The van der Waals surface area contributed by atoms with Gasteiger partial charge in [-0.2, -0.15) is 0 Å². The second-order valence-corrected chi connectivity index (χ2v) is 11.1. The highest BCUT2D eigenvalue weighted by molar-refractivity contribution is 5.50. The van der Waals surface area contributed by atoms with Crippen LogP contribution in [0, 0.1) is 5.82 Å². The number of hydrogen-bond acceptors (Lipinski definition) is 2. The fraction of sp³-hybridized carbons (Fsp3) is 0.189. The molecule has 3 heteroatoms. The van der Waals surface area contributed by atoms with Gasteiger partial charge in [-0.05, 0) is 63.9 Å². The standard InChI is InChI=1S/C37H33FN2/c38-31-21-20-27-22-26-12-10-11-19-33(26)35-24-32(40-36(35)34(27)23-31)25-39-37(28-13-4-1-5-14-28,29-15-6-2-7-16-29)30-17-8-3-9-18-30/h1-21,23,32,35-36,39-40H,22,24-25H2/t32-,35-,36-/m1/s1. The van der Waals surface area contributed by atoms with Crippen molar-refractivity contribution < 1.29 is 4.39 Å². The molecular formula is C37H33FN2. The fourth-order valence-electron chi connectivity index (χ4n) is 7.06. The van der Waals surface area contributed by atoms with Crippen LogP contribution in [0.1, 0.15) is 57.3 Å². The Morgan fingerprint density at radius 1 is 0.650 bits per heavy atom. The zero-order valence-electron chi connectivity index (χ0n) is 22.4. The van der Waals surface area contributed by atoms with E-state index in [2.05, 4.69) is 126 Å². The van der Waals surface area contributed by atoms with Crippen LogP contribution < -0.4 is 10.6 Å². The van der Waals surface area contributed by atoms with Crippen LogP contribution in [0.2, 0.25) is 0 Å². The molecule has 2 nitrogen and oxygen atoms in total. The molecule has 5 aromatic rings. The van der Waals surface area contributed by atoms with Crippen LogP contribution in [0.25, 0.3) is 0 Å². The van der Waals surface area contributed by atoms with Crippen LogP contribution in [-0.2, 0) is 12.0 Å². The Balaban J connectivity index is 1.28. The molecule has 0 saturated carbocycles. The van der Waals surface area contributed by atoms with Gasteiger partial charge in [0, 0.05) is 24.5 Å². The van der Waals surface area contributed by atoms with E-state index < -0.39 is 5.54 Å². The molecule has 2 aliphatic rings. The minimum Gasteiger partial charge on any atom is -0.305 e. The molecule has 0 unspecified atom stereocenters. The Morgan fingerprint density at radius 2 is 1.20 bits per heavy atom. The molecule has 5 aromatic carbocycles. The van der Waals surface area contributed by atoms with Crippen molar-refractivity contribution in [3.63, 3.8) is 0 Å². The summed E-state index contributed by atoms with van der Waals surface area (Å²) in [4.78, 5) is 0. The van der Waals surface area contributed by atoms with E-state index in [-0.39, 0.29) is 17.9 Å². The summed E-state index contributed by atoms with van der Waals surface area (Å²) in [5, 5.41) is 8.03. The van der Waals surface area contributed by atoms with Crippen LogP contribution in [0.3, 0.4) is 0 Å². The molecule has 0 bridgehead atoms. The second kappa shape index (κ2) is 10.5. The molecule has 40 heavy (non-hydrogen) atoms. The van der Waals surface area contributed by atoms with Gasteiger partial charge >= 0.3 is 0 Å². The van der Waals surface area contributed by atoms with Gasteiger partial charge in [0.05, 0.1) is 5.54 Å². The summed E-state index contributed by atoms with van der Waals surface area (Å²) >= 11 is 0. The van der Waals surface area contributed by atoms with E-state index in [0.717, 1.165) is 24.9 Å². The minimum atomic E-state index is -0.516. The smallest absolute Gasteiger partial charge is 0.123 e. The Bertz CT molecular complexity index is 1500. The molecule has 3 atom stereocenters. The van der Waals surface area contributed by atoms with E-state index in [9.17, 15) is 4.39 Å². The SMILES string of the molecule is Fc1ccc2c(c1)[C@H]1N[C@@H](CNC(c3ccccc3)(c3ccccc3)c3ccccc3)C[C@@H]1c1ccccc1C2. The van der Waals surface area contributed by atoms with Crippen LogP contribution in [0.5, 0.6) is 0 Å². The number of nitrogens with one attached hydrogen (secondary N) is 2. The van der Waals surface area contributed by atoms with Gasteiger partial charge in [-0.1, -0.05) is 121 Å². The number of rotatable bonds is 6. The van der Waals surface area contributed by atoms with Gasteiger partial charge in [0.1, 0.15) is 5.82 Å². The van der Waals surface area contributed by atoms with Gasteiger partial charge in [-0.25, -0.2) is 4.39 Å². The van der Waals surface area contributed by atoms with Gasteiger partial charge in [-0.15, -0.1) is 0 Å². The number of halogens is 1. The Labute approximate surface area is 235 Å². The summed E-state index contributed by atoms with van der Waals surface area (Å²) in [6, 6.07) is 46.6. The molecule has 0 spiro atoms. The van der Waals surface area contributed by atoms with Crippen molar-refractivity contribution in [2.75, 3.05) is 6.54 Å². The molecular weight excluding hydrogens is 491 g/mol. The lowest BCUT2D eigenvalue weighted by Crippen LogP contribution is -2.49. The first-order valence-corrected chi connectivity index (χ1v) is 14.3. The largest absolute Gasteiger partial charge is 0.305 e. The zero-order valence-corrected chi connectivity index (χ0v) is 22.4. The molecule has 2 N–H and O–H groups in total. The molecule has 0 aromatic heterocycles. The first kappa shape index (κ1) is 25.0. The molecule has 1 heterocycles. The number of fused-ring (bicyclic) bond motifs is 5. The van der Waals surface area contributed by atoms with E-state index >= 15 is 0 Å². The molecule has 198 valence electrons. The third-order valence-corrected chi connectivity index (χ3v) is 8.87. The lowest BCUT2D eigenvalue weighted by atomic mass is 9.77. The van der Waals surface area contributed by atoms with E-state index in [1.807, 2.05) is 6.07 Å². The first-order valence-electron chi connectivity index (χ1n) is 14.3. The number of benzene rings is 5. The highest BCUT2D eigenvalue weighted by atomic mass is 19.1. The van der Waals surface area contributed by atoms with E-state index in [1.165, 1.54) is 33.4 Å². The summed E-state index contributed by atoms with van der Waals surface area (Å²) in [6.45, 7) is 0.762. The molecule has 1 saturated heterocycles. The van der Waals surface area contributed by atoms with E-state index in [4.69, 9.17) is 0 Å². The van der Waals surface area contributed by atoms with Crippen LogP contribution in [0.4, 0.5) is 4.39 Å². The summed E-state index contributed by atoms with van der Waals surface area (Å²) in [5.41, 5.74) is 8.16. The van der Waals surface area contributed by atoms with Crippen molar-refractivity contribution in [2.45, 2.75) is 36.4 Å². The lowest BCUT2D eigenvalue weighted by Gasteiger charge is -2.38. The maximum absolute atomic E-state index is 14.5. The maximum atomic E-state index is 14.5. The predicted octanol–water partition coefficient (Wildman–Crippen LogP) is 7.50. The third kappa shape index (κ3) is 4.36. The van der Waals surface area contributed by atoms with Gasteiger partial charge in [0.2, 0.25) is 0 Å². The Kier molecular flexibility index (Phi) is 6.55. The molecule has 0 radical (unpaired) electrons. The molecule has 7 rings (SSSR count). The molecule has 1 aliphatic heterocycles. The average Bonchev–Trinajstić information content (AvgIpc) is 3.39. The molecule has 1 fully saturated rings. The average molecular weight is 525 g/mol.